The Morgan fingerprint density at radius 1 is 1.00 bits per heavy atom. The first-order valence-corrected chi connectivity index (χ1v) is 9.52. The van der Waals surface area contributed by atoms with Crippen molar-refractivity contribution in [1.29, 1.82) is 0 Å². The van der Waals surface area contributed by atoms with Crippen LogP contribution in [0.5, 0.6) is 0 Å². The summed E-state index contributed by atoms with van der Waals surface area (Å²) in [6, 6.07) is 14.6. The van der Waals surface area contributed by atoms with Crippen molar-refractivity contribution in [3.63, 3.8) is 0 Å². The summed E-state index contributed by atoms with van der Waals surface area (Å²) in [6.07, 6.45) is 0.0484. The van der Waals surface area contributed by atoms with Crippen molar-refractivity contribution >= 4 is 22.9 Å². The first-order chi connectivity index (χ1) is 11.8. The van der Waals surface area contributed by atoms with Gasteiger partial charge in [-0.1, -0.05) is 42.5 Å². The summed E-state index contributed by atoms with van der Waals surface area (Å²) in [6.45, 7) is 0. The van der Waals surface area contributed by atoms with Gasteiger partial charge in [-0.2, -0.15) is 0 Å². The van der Waals surface area contributed by atoms with Gasteiger partial charge in [0.25, 0.3) is 0 Å². The predicted molar refractivity (Wildman–Crippen MR) is 95.0 cm³/mol. The Kier molecular flexibility index (Phi) is 6.36. The van der Waals surface area contributed by atoms with Crippen LogP contribution in [0, 0.1) is 0 Å². The maximum Gasteiger partial charge on any atom is 0.456 e. The molecule has 0 aliphatic carbocycles. The Hall–Kier alpha value is -2.16. The minimum Gasteiger partial charge on any atom is -0.478 e. The van der Waals surface area contributed by atoms with Gasteiger partial charge in [-0.15, -0.1) is 0 Å². The van der Waals surface area contributed by atoms with E-state index >= 15 is 0 Å². The van der Waals surface area contributed by atoms with Crippen LogP contribution in [0.3, 0.4) is 0 Å². The van der Waals surface area contributed by atoms with Crippen LogP contribution < -0.4 is 0 Å². The number of benzene rings is 2. The van der Waals surface area contributed by atoms with Crippen LogP contribution in [0.1, 0.15) is 21.5 Å². The molecule has 0 heterocycles. The molecule has 0 amide bonds. The largest absolute Gasteiger partial charge is 0.478 e. The zero-order valence-corrected chi connectivity index (χ0v) is 14.3. The van der Waals surface area contributed by atoms with Gasteiger partial charge in [-0.05, 0) is 29.7 Å². The smallest absolute Gasteiger partial charge is 0.456 e. The highest BCUT2D eigenvalue weighted by atomic mass is 32.2. The summed E-state index contributed by atoms with van der Waals surface area (Å²) in [4.78, 5) is 11.0. The lowest BCUT2D eigenvalue weighted by molar-refractivity contribution is 0.0696. The summed E-state index contributed by atoms with van der Waals surface area (Å²) in [5.74, 6) is -2.64. The number of carboxylic acids is 1. The van der Waals surface area contributed by atoms with E-state index in [0.29, 0.717) is 11.1 Å². The lowest BCUT2D eigenvalue weighted by Crippen LogP contribution is -2.29. The summed E-state index contributed by atoms with van der Waals surface area (Å²) in [5, 5.41) is 28.1. The molecule has 25 heavy (non-hydrogen) atoms. The van der Waals surface area contributed by atoms with Crippen molar-refractivity contribution in [2.45, 2.75) is 18.0 Å². The van der Waals surface area contributed by atoms with E-state index in [9.17, 15) is 23.3 Å². The topological polar surface area (TPSA) is 112 Å². The van der Waals surface area contributed by atoms with Gasteiger partial charge in [-0.25, -0.2) is 13.2 Å². The van der Waals surface area contributed by atoms with Crippen LogP contribution in [0.4, 0.5) is 0 Å². The summed E-state index contributed by atoms with van der Waals surface area (Å²) >= 11 is 0. The van der Waals surface area contributed by atoms with E-state index in [2.05, 4.69) is 0 Å². The van der Waals surface area contributed by atoms with Gasteiger partial charge in [0.15, 0.2) is 9.84 Å². The standard InChI is InChI=1S/C17H19BO6S/c19-17(20)15-8-4-7-14(9-15)10-16(18(21)22)12-25(23,24)11-13-5-2-1-3-6-13/h1-9,16,21-22H,10-12H2,(H,19,20)/t16-/m1/s1. The quantitative estimate of drug-likeness (QED) is 0.612. The molecule has 0 unspecified atom stereocenters. The summed E-state index contributed by atoms with van der Waals surface area (Å²) in [5.41, 5.74) is 1.23. The van der Waals surface area contributed by atoms with E-state index in [1.54, 1.807) is 36.4 Å². The molecule has 0 fully saturated rings. The molecule has 2 aromatic carbocycles. The highest BCUT2D eigenvalue weighted by molar-refractivity contribution is 7.90. The molecule has 132 valence electrons. The molecule has 8 heteroatoms. The molecule has 1 atom stereocenters. The van der Waals surface area contributed by atoms with Crippen LogP contribution in [-0.4, -0.2) is 42.4 Å². The molecule has 0 aliphatic heterocycles. The summed E-state index contributed by atoms with van der Waals surface area (Å²) in [7, 11) is -5.38. The Morgan fingerprint density at radius 3 is 2.24 bits per heavy atom. The molecule has 0 radical (unpaired) electrons. The molecule has 2 aromatic rings. The van der Waals surface area contributed by atoms with Crippen molar-refractivity contribution in [1.82, 2.24) is 0 Å². The summed E-state index contributed by atoms with van der Waals surface area (Å²) < 4.78 is 24.7. The van der Waals surface area contributed by atoms with Crippen LogP contribution in [0.15, 0.2) is 54.6 Å². The van der Waals surface area contributed by atoms with Gasteiger partial charge in [0, 0.05) is 5.82 Å². The Bertz CT molecular complexity index is 820. The number of carbonyl (C=O) groups is 1. The fourth-order valence-electron chi connectivity index (χ4n) is 2.60. The normalized spacial score (nSPS) is 12.6. The highest BCUT2D eigenvalue weighted by Gasteiger charge is 2.29. The average molecular weight is 362 g/mol. The Balaban J connectivity index is 2.13. The maximum atomic E-state index is 12.4. The number of carboxylic acid groups (broad SMARTS) is 1. The third-order valence-electron chi connectivity index (χ3n) is 3.79. The second-order valence-electron chi connectivity index (χ2n) is 5.92. The Morgan fingerprint density at radius 2 is 1.64 bits per heavy atom. The lowest BCUT2D eigenvalue weighted by atomic mass is 9.71. The van der Waals surface area contributed by atoms with E-state index < -0.39 is 34.5 Å². The van der Waals surface area contributed by atoms with Gasteiger partial charge in [0.05, 0.1) is 17.1 Å². The minimum absolute atomic E-state index is 0.0484. The van der Waals surface area contributed by atoms with Gasteiger partial charge in [0.2, 0.25) is 0 Å². The molecule has 0 bridgehead atoms. The van der Waals surface area contributed by atoms with E-state index in [1.807, 2.05) is 0 Å². The van der Waals surface area contributed by atoms with Crippen LogP contribution in [0.2, 0.25) is 5.82 Å². The molecular weight excluding hydrogens is 343 g/mol. The van der Waals surface area contributed by atoms with Gasteiger partial charge in [-0.3, -0.25) is 0 Å². The van der Waals surface area contributed by atoms with Crippen LogP contribution in [-0.2, 0) is 22.0 Å². The van der Waals surface area contributed by atoms with Gasteiger partial charge < -0.3 is 15.2 Å². The molecule has 6 nitrogen and oxygen atoms in total. The molecule has 0 saturated heterocycles. The first-order valence-electron chi connectivity index (χ1n) is 7.69. The van der Waals surface area contributed by atoms with Crippen molar-refractivity contribution in [3.05, 3.63) is 71.3 Å². The molecular formula is C17H19BO6S. The number of hydrogen-bond donors (Lipinski definition) is 3. The lowest BCUT2D eigenvalue weighted by Gasteiger charge is -2.16. The SMILES string of the molecule is O=C(O)c1cccc(C[C@H](CS(=O)(=O)Cc2ccccc2)B(O)O)c1. The van der Waals surface area contributed by atoms with E-state index in [4.69, 9.17) is 5.11 Å². The van der Waals surface area contributed by atoms with Crippen molar-refractivity contribution in [3.8, 4) is 0 Å². The molecule has 0 aromatic heterocycles. The van der Waals surface area contributed by atoms with Crippen molar-refractivity contribution in [2.75, 3.05) is 5.75 Å². The molecule has 2 rings (SSSR count). The Labute approximate surface area is 146 Å². The molecule has 0 saturated carbocycles. The third-order valence-corrected chi connectivity index (χ3v) is 5.50. The molecule has 3 N–H and O–H groups in total. The van der Waals surface area contributed by atoms with Gasteiger partial charge >= 0.3 is 13.1 Å². The van der Waals surface area contributed by atoms with E-state index in [-0.39, 0.29) is 17.7 Å². The van der Waals surface area contributed by atoms with Gasteiger partial charge in [0.1, 0.15) is 0 Å². The van der Waals surface area contributed by atoms with Crippen molar-refractivity contribution < 1.29 is 28.4 Å². The predicted octanol–water partition coefficient (Wildman–Crippen LogP) is 1.39. The first kappa shape index (κ1) is 19.2. The van der Waals surface area contributed by atoms with Crippen LogP contribution >= 0.6 is 0 Å². The number of hydrogen-bond acceptors (Lipinski definition) is 5. The number of aromatic carboxylic acids is 1. The minimum atomic E-state index is -3.56. The average Bonchev–Trinajstić information content (AvgIpc) is 2.54. The van der Waals surface area contributed by atoms with Crippen molar-refractivity contribution in [2.24, 2.45) is 0 Å². The number of rotatable bonds is 8. The third kappa shape index (κ3) is 6.01. The zero-order chi connectivity index (χ0) is 18.4. The van der Waals surface area contributed by atoms with E-state index in [0.717, 1.165) is 0 Å². The maximum absolute atomic E-state index is 12.4. The van der Waals surface area contributed by atoms with E-state index in [1.165, 1.54) is 18.2 Å². The second kappa shape index (κ2) is 8.29. The molecule has 0 aliphatic rings. The fraction of sp³-hybridized carbons (Fsp3) is 0.235. The monoisotopic (exact) mass is 362 g/mol. The number of sulfone groups is 1. The molecule has 0 spiro atoms. The second-order valence-corrected chi connectivity index (χ2v) is 8.03. The van der Waals surface area contributed by atoms with Crippen LogP contribution in [0.25, 0.3) is 0 Å². The highest BCUT2D eigenvalue weighted by Crippen LogP contribution is 2.21. The fourth-order valence-corrected chi connectivity index (χ4v) is 4.36. The zero-order valence-electron chi connectivity index (χ0n) is 13.4.